The number of benzene rings is 2. The lowest BCUT2D eigenvalue weighted by atomic mass is 10.1. The number of pyridine rings is 1. The molecule has 55 heavy (non-hydrogen) atoms. The van der Waals surface area contributed by atoms with Gasteiger partial charge in [0.05, 0.1) is 16.1 Å². The van der Waals surface area contributed by atoms with E-state index in [1.54, 1.807) is 55.1 Å². The minimum atomic E-state index is -2.22. The van der Waals surface area contributed by atoms with Crippen LogP contribution in [0.2, 0.25) is 5.02 Å². The largest absolute Gasteiger partial charge is 0.478 e. The normalized spacial score (nSPS) is 16.1. The van der Waals surface area contributed by atoms with Crippen LogP contribution in [0.15, 0.2) is 79.3 Å². The Labute approximate surface area is 319 Å². The molecule has 3 atom stereocenters. The van der Waals surface area contributed by atoms with Crippen molar-refractivity contribution in [3.8, 4) is 0 Å². The smallest absolute Gasteiger partial charge is 0.412 e. The molecule has 0 aliphatic carbocycles. The molecule has 0 saturated carbocycles. The third kappa shape index (κ3) is 9.75. The standard InChI is InChI=1S/C20H18O8.C17H17ClN6O3/c1-11-3-7-13(8-4-11)19(25)27-15(17(21)22)16(18(23)24)28-20(26)14-9-5-12(2)6-10-14;1-22-6-8-23(9-7-22)17(26)27-16-14-13(19-4-5-20-14)15(25)24(16)12-3-2-11(18)10-21-12/h3-10,15-16H,1-2H3,(H,21,22)(H,23,24);2-5,10,16H,6-9H2,1H3/t15-,16+;16-/m.0/s1. The number of halogens is 1. The number of aliphatic carboxylic acids is 2. The molecule has 2 aliphatic rings. The Morgan fingerprint density at radius 2 is 1.25 bits per heavy atom. The van der Waals surface area contributed by atoms with Gasteiger partial charge in [-0.05, 0) is 57.3 Å². The van der Waals surface area contributed by atoms with Gasteiger partial charge in [0, 0.05) is 44.8 Å². The molecular formula is C37H35ClN6O11. The lowest BCUT2D eigenvalue weighted by molar-refractivity contribution is -0.166. The van der Waals surface area contributed by atoms with Crippen LogP contribution in [0.25, 0.3) is 0 Å². The van der Waals surface area contributed by atoms with Gasteiger partial charge in [0.1, 0.15) is 11.5 Å². The minimum absolute atomic E-state index is 0.0332. The third-order valence-corrected chi connectivity index (χ3v) is 8.58. The number of carboxylic acids is 2. The number of likely N-dealkylation sites (N-methyl/N-ethyl adjacent to an activating group) is 1. The zero-order chi connectivity index (χ0) is 39.8. The van der Waals surface area contributed by atoms with Gasteiger partial charge in [0.2, 0.25) is 18.4 Å². The predicted molar refractivity (Wildman–Crippen MR) is 192 cm³/mol. The van der Waals surface area contributed by atoms with Gasteiger partial charge in [0.15, 0.2) is 5.69 Å². The van der Waals surface area contributed by atoms with Crippen molar-refractivity contribution in [2.45, 2.75) is 32.3 Å². The van der Waals surface area contributed by atoms with Crippen molar-refractivity contribution in [1.29, 1.82) is 0 Å². The van der Waals surface area contributed by atoms with E-state index < -0.39 is 54.3 Å². The summed E-state index contributed by atoms with van der Waals surface area (Å²) in [5.74, 6) is -5.74. The van der Waals surface area contributed by atoms with E-state index in [0.717, 1.165) is 24.2 Å². The fraction of sp³-hybridized carbons (Fsp3) is 0.270. The first-order chi connectivity index (χ1) is 26.2. The number of fused-ring (bicyclic) bond motifs is 1. The van der Waals surface area contributed by atoms with Crippen LogP contribution in [0.4, 0.5) is 10.6 Å². The number of carbonyl (C=O) groups is 6. The van der Waals surface area contributed by atoms with Crippen LogP contribution in [-0.4, -0.2) is 116 Å². The second-order valence-corrected chi connectivity index (χ2v) is 12.8. The number of hydrogen-bond donors (Lipinski definition) is 2. The molecule has 286 valence electrons. The van der Waals surface area contributed by atoms with E-state index in [0.29, 0.717) is 29.6 Å². The molecule has 6 rings (SSSR count). The Morgan fingerprint density at radius 1 is 0.745 bits per heavy atom. The van der Waals surface area contributed by atoms with Gasteiger partial charge in [-0.3, -0.25) is 9.78 Å². The van der Waals surface area contributed by atoms with Crippen LogP contribution in [0.5, 0.6) is 0 Å². The van der Waals surface area contributed by atoms with E-state index in [4.69, 9.17) is 25.8 Å². The molecule has 2 aliphatic heterocycles. The maximum atomic E-state index is 12.8. The lowest BCUT2D eigenvalue weighted by Gasteiger charge is -2.33. The number of carbonyl (C=O) groups excluding carboxylic acids is 4. The molecule has 0 bridgehead atoms. The molecule has 1 fully saturated rings. The minimum Gasteiger partial charge on any atom is -0.478 e. The number of anilines is 1. The Balaban J connectivity index is 0.000000211. The summed E-state index contributed by atoms with van der Waals surface area (Å²) in [5, 5.41) is 19.1. The molecule has 2 aromatic carbocycles. The van der Waals surface area contributed by atoms with Crippen LogP contribution >= 0.6 is 11.6 Å². The van der Waals surface area contributed by atoms with Gasteiger partial charge < -0.3 is 34.2 Å². The number of carboxylic acid groups (broad SMARTS) is 2. The summed E-state index contributed by atoms with van der Waals surface area (Å²) in [6.45, 7) is 6.22. The molecule has 1 saturated heterocycles. The Morgan fingerprint density at radius 3 is 1.73 bits per heavy atom. The summed E-state index contributed by atoms with van der Waals surface area (Å²) >= 11 is 5.89. The van der Waals surface area contributed by atoms with E-state index in [1.165, 1.54) is 47.8 Å². The highest BCUT2D eigenvalue weighted by Crippen LogP contribution is 2.36. The average Bonchev–Trinajstić information content (AvgIpc) is 3.44. The highest BCUT2D eigenvalue weighted by atomic mass is 35.5. The monoisotopic (exact) mass is 774 g/mol. The number of hydrogen-bond acceptors (Lipinski definition) is 13. The van der Waals surface area contributed by atoms with Crippen LogP contribution in [0.3, 0.4) is 0 Å². The quantitative estimate of drug-likeness (QED) is 0.183. The Kier molecular flexibility index (Phi) is 12.7. The zero-order valence-electron chi connectivity index (χ0n) is 29.7. The van der Waals surface area contributed by atoms with Crippen molar-refractivity contribution in [3.05, 3.63) is 118 Å². The van der Waals surface area contributed by atoms with E-state index in [2.05, 4.69) is 19.9 Å². The SMILES string of the molecule is CN1CCN(C(=O)O[C@H]2c3nccnc3C(=O)N2c2ccc(Cl)cn2)CC1.Cc1ccc(C(=O)O[C@H](C(=O)O)[C@@H](OC(=O)c2ccc(C)cc2)C(=O)O)cc1. The first kappa shape index (κ1) is 39.7. The summed E-state index contributed by atoms with van der Waals surface area (Å²) < 4.78 is 15.3. The summed E-state index contributed by atoms with van der Waals surface area (Å²) in [7, 11) is 2.00. The van der Waals surface area contributed by atoms with Gasteiger partial charge in [-0.25, -0.2) is 38.8 Å². The lowest BCUT2D eigenvalue weighted by Crippen LogP contribution is -2.48. The topological polar surface area (TPSA) is 219 Å². The van der Waals surface area contributed by atoms with E-state index >= 15 is 0 Å². The summed E-state index contributed by atoms with van der Waals surface area (Å²) in [5.41, 5.74) is 2.23. The van der Waals surface area contributed by atoms with E-state index in [1.807, 2.05) is 7.05 Å². The Hall–Kier alpha value is -6.46. The van der Waals surface area contributed by atoms with E-state index in [-0.39, 0.29) is 16.8 Å². The molecular weight excluding hydrogens is 740 g/mol. The van der Waals surface area contributed by atoms with Crippen molar-refractivity contribution < 1.29 is 53.2 Å². The molecule has 2 amide bonds. The van der Waals surface area contributed by atoms with Crippen molar-refractivity contribution in [3.63, 3.8) is 0 Å². The molecule has 0 unspecified atom stereocenters. The summed E-state index contributed by atoms with van der Waals surface area (Å²) in [6, 6.07) is 15.3. The molecule has 2 aromatic heterocycles. The molecule has 18 heteroatoms. The number of amides is 2. The number of esters is 2. The second kappa shape index (κ2) is 17.6. The van der Waals surface area contributed by atoms with Crippen LogP contribution in [0.1, 0.15) is 54.3 Å². The number of aryl methyl sites for hydroxylation is 2. The van der Waals surface area contributed by atoms with Gasteiger partial charge >= 0.3 is 30.0 Å². The molecule has 17 nitrogen and oxygen atoms in total. The highest BCUT2D eigenvalue weighted by molar-refractivity contribution is 6.30. The van der Waals surface area contributed by atoms with Crippen molar-refractivity contribution in [2.24, 2.45) is 0 Å². The highest BCUT2D eigenvalue weighted by Gasteiger charge is 2.44. The van der Waals surface area contributed by atoms with Gasteiger partial charge in [-0.15, -0.1) is 0 Å². The van der Waals surface area contributed by atoms with Gasteiger partial charge in [-0.2, -0.15) is 0 Å². The number of ether oxygens (including phenoxy) is 3. The zero-order valence-corrected chi connectivity index (χ0v) is 30.5. The fourth-order valence-electron chi connectivity index (χ4n) is 5.27. The van der Waals surface area contributed by atoms with Crippen molar-refractivity contribution >= 4 is 53.3 Å². The van der Waals surface area contributed by atoms with Crippen LogP contribution in [0, 0.1) is 13.8 Å². The molecule has 4 aromatic rings. The first-order valence-corrected chi connectivity index (χ1v) is 17.0. The fourth-order valence-corrected chi connectivity index (χ4v) is 5.38. The summed E-state index contributed by atoms with van der Waals surface area (Å²) in [6.07, 6.45) is -1.66. The van der Waals surface area contributed by atoms with Crippen LogP contribution < -0.4 is 4.90 Å². The maximum absolute atomic E-state index is 12.8. The second-order valence-electron chi connectivity index (χ2n) is 12.4. The number of rotatable bonds is 9. The molecule has 2 N–H and O–H groups in total. The van der Waals surface area contributed by atoms with Gasteiger partial charge in [-0.1, -0.05) is 47.0 Å². The first-order valence-electron chi connectivity index (χ1n) is 16.6. The Bertz CT molecular complexity index is 1980. The molecule has 0 spiro atoms. The third-order valence-electron chi connectivity index (χ3n) is 8.35. The van der Waals surface area contributed by atoms with Gasteiger partial charge in [0.25, 0.3) is 5.91 Å². The average molecular weight is 775 g/mol. The molecule has 4 heterocycles. The molecule has 0 radical (unpaired) electrons. The summed E-state index contributed by atoms with van der Waals surface area (Å²) in [4.78, 5) is 90.3. The van der Waals surface area contributed by atoms with Crippen molar-refractivity contribution in [1.82, 2.24) is 24.8 Å². The van der Waals surface area contributed by atoms with Crippen molar-refractivity contribution in [2.75, 3.05) is 38.1 Å². The number of nitrogens with zero attached hydrogens (tertiary/aromatic N) is 6. The number of aromatic nitrogens is 3. The van der Waals surface area contributed by atoms with E-state index in [9.17, 15) is 39.0 Å². The number of piperazine rings is 1. The van der Waals surface area contributed by atoms with Crippen LogP contribution in [-0.2, 0) is 23.8 Å². The maximum Gasteiger partial charge on any atom is 0.412 e. The predicted octanol–water partition coefficient (Wildman–Crippen LogP) is 3.79.